The number of methoxy groups -OCH3 is 1. The van der Waals surface area contributed by atoms with Gasteiger partial charge in [0.2, 0.25) is 5.91 Å². The predicted molar refractivity (Wildman–Crippen MR) is 87.0 cm³/mol. The number of carbonyl (C=O) groups is 3. The van der Waals surface area contributed by atoms with Crippen LogP contribution in [0, 0.1) is 6.92 Å². The van der Waals surface area contributed by atoms with E-state index in [1.807, 2.05) is 13.8 Å². The molecule has 2 amide bonds. The first-order valence-electron chi connectivity index (χ1n) is 7.38. The lowest BCUT2D eigenvalue weighted by atomic mass is 10.1. The van der Waals surface area contributed by atoms with Gasteiger partial charge in [-0.2, -0.15) is 0 Å². The molecule has 1 aliphatic rings. The van der Waals surface area contributed by atoms with Crippen LogP contribution in [0.25, 0.3) is 0 Å². The Morgan fingerprint density at radius 2 is 2.17 bits per heavy atom. The SMILES string of the molecule is COC(=O)CCNC(=O)C1CSC(C)N1C(=O)c1c[nH]cc1C. The normalized spacial score (nSPS) is 20.4. The minimum atomic E-state index is -0.533. The van der Waals surface area contributed by atoms with Crippen LogP contribution in [-0.4, -0.2) is 58.5 Å². The van der Waals surface area contributed by atoms with Gasteiger partial charge in [-0.1, -0.05) is 0 Å². The summed E-state index contributed by atoms with van der Waals surface area (Å²) in [6, 6.07) is -0.533. The minimum Gasteiger partial charge on any atom is -0.469 e. The highest BCUT2D eigenvalue weighted by Crippen LogP contribution is 2.30. The number of aromatic nitrogens is 1. The highest BCUT2D eigenvalue weighted by molar-refractivity contribution is 8.00. The second-order valence-corrected chi connectivity index (χ2v) is 6.68. The molecule has 2 rings (SSSR count). The van der Waals surface area contributed by atoms with Crippen LogP contribution in [0.15, 0.2) is 12.4 Å². The first-order valence-corrected chi connectivity index (χ1v) is 8.42. The lowest BCUT2D eigenvalue weighted by Gasteiger charge is -2.26. The van der Waals surface area contributed by atoms with E-state index < -0.39 is 6.04 Å². The molecule has 2 heterocycles. The van der Waals surface area contributed by atoms with Crippen LogP contribution < -0.4 is 5.32 Å². The van der Waals surface area contributed by atoms with Crippen LogP contribution in [0.3, 0.4) is 0 Å². The fourth-order valence-electron chi connectivity index (χ4n) is 2.47. The molecule has 0 saturated carbocycles. The number of thioether (sulfide) groups is 1. The Kier molecular flexibility index (Phi) is 5.70. The molecule has 2 atom stereocenters. The van der Waals surface area contributed by atoms with Crippen LogP contribution in [0.4, 0.5) is 0 Å². The third-order valence-corrected chi connectivity index (χ3v) is 5.02. The van der Waals surface area contributed by atoms with Crippen molar-refractivity contribution in [1.82, 2.24) is 15.2 Å². The molecule has 0 spiro atoms. The summed E-state index contributed by atoms with van der Waals surface area (Å²) in [7, 11) is 1.30. The number of amides is 2. The summed E-state index contributed by atoms with van der Waals surface area (Å²) in [4.78, 5) is 40.7. The number of ether oxygens (including phenoxy) is 1. The van der Waals surface area contributed by atoms with E-state index in [4.69, 9.17) is 0 Å². The second kappa shape index (κ2) is 7.54. The zero-order valence-corrected chi connectivity index (χ0v) is 14.2. The molecule has 0 bridgehead atoms. The molecule has 2 unspecified atom stereocenters. The van der Waals surface area contributed by atoms with Crippen molar-refractivity contribution in [2.75, 3.05) is 19.4 Å². The fourth-order valence-corrected chi connectivity index (χ4v) is 3.65. The number of hydrogen-bond donors (Lipinski definition) is 2. The first-order chi connectivity index (χ1) is 11.0. The van der Waals surface area contributed by atoms with Gasteiger partial charge in [-0.25, -0.2) is 0 Å². The molecular formula is C15H21N3O4S. The number of nitrogens with one attached hydrogen (secondary N) is 2. The number of aromatic amines is 1. The maximum absolute atomic E-state index is 12.7. The van der Waals surface area contributed by atoms with E-state index in [0.29, 0.717) is 11.3 Å². The van der Waals surface area contributed by atoms with Gasteiger partial charge in [-0.15, -0.1) is 11.8 Å². The van der Waals surface area contributed by atoms with Gasteiger partial charge in [0.15, 0.2) is 0 Å². The molecule has 1 aromatic rings. The van der Waals surface area contributed by atoms with Gasteiger partial charge >= 0.3 is 5.97 Å². The smallest absolute Gasteiger partial charge is 0.307 e. The molecule has 1 aromatic heterocycles. The average molecular weight is 339 g/mol. The van der Waals surface area contributed by atoms with E-state index >= 15 is 0 Å². The maximum atomic E-state index is 12.7. The minimum absolute atomic E-state index is 0.0758. The number of H-pyrrole nitrogens is 1. The van der Waals surface area contributed by atoms with Crippen molar-refractivity contribution in [1.29, 1.82) is 0 Å². The van der Waals surface area contributed by atoms with Crippen molar-refractivity contribution in [3.05, 3.63) is 23.5 Å². The number of esters is 1. The van der Waals surface area contributed by atoms with Crippen molar-refractivity contribution >= 4 is 29.5 Å². The zero-order chi connectivity index (χ0) is 17.0. The topological polar surface area (TPSA) is 91.5 Å². The van der Waals surface area contributed by atoms with Gasteiger partial charge in [0.1, 0.15) is 6.04 Å². The van der Waals surface area contributed by atoms with Crippen LogP contribution >= 0.6 is 11.8 Å². The van der Waals surface area contributed by atoms with Crippen LogP contribution in [0.2, 0.25) is 0 Å². The lowest BCUT2D eigenvalue weighted by molar-refractivity contribution is -0.140. The quantitative estimate of drug-likeness (QED) is 0.778. The Hall–Kier alpha value is -1.96. The largest absolute Gasteiger partial charge is 0.469 e. The molecule has 7 nitrogen and oxygen atoms in total. The predicted octanol–water partition coefficient (Wildman–Crippen LogP) is 0.906. The number of hydrogen-bond acceptors (Lipinski definition) is 5. The summed E-state index contributed by atoms with van der Waals surface area (Å²) >= 11 is 1.56. The first kappa shape index (κ1) is 17.4. The second-order valence-electron chi connectivity index (χ2n) is 5.33. The number of rotatable bonds is 5. The maximum Gasteiger partial charge on any atom is 0.307 e. The molecule has 2 N–H and O–H groups in total. The van der Waals surface area contributed by atoms with E-state index in [1.54, 1.807) is 29.1 Å². The van der Waals surface area contributed by atoms with Gasteiger partial charge in [0.05, 0.1) is 24.5 Å². The summed E-state index contributed by atoms with van der Waals surface area (Å²) < 4.78 is 4.53. The molecule has 1 aliphatic heterocycles. The highest BCUT2D eigenvalue weighted by atomic mass is 32.2. The summed E-state index contributed by atoms with van der Waals surface area (Å²) in [6.45, 7) is 3.96. The number of carbonyl (C=O) groups excluding carboxylic acids is 3. The Balaban J connectivity index is 2.03. The standard InChI is InChI=1S/C15H21N3O4S/c1-9-6-16-7-11(9)15(21)18-10(2)23-8-12(18)14(20)17-5-4-13(19)22-3/h6-7,10,12,16H,4-5,8H2,1-3H3,(H,17,20). The van der Waals surface area contributed by atoms with Crippen molar-refractivity contribution in [2.24, 2.45) is 0 Å². The van der Waals surface area contributed by atoms with Crippen LogP contribution in [0.1, 0.15) is 29.3 Å². The Labute approximate surface area is 139 Å². The van der Waals surface area contributed by atoms with Gasteiger partial charge < -0.3 is 19.9 Å². The molecular weight excluding hydrogens is 318 g/mol. The number of aryl methyl sites for hydroxylation is 1. The van der Waals surface area contributed by atoms with Crippen molar-refractivity contribution < 1.29 is 19.1 Å². The molecule has 8 heteroatoms. The van der Waals surface area contributed by atoms with Gasteiger partial charge in [0.25, 0.3) is 5.91 Å². The molecule has 126 valence electrons. The Morgan fingerprint density at radius 3 is 2.78 bits per heavy atom. The Morgan fingerprint density at radius 1 is 1.43 bits per heavy atom. The van der Waals surface area contributed by atoms with Crippen molar-refractivity contribution in [2.45, 2.75) is 31.7 Å². The van der Waals surface area contributed by atoms with E-state index in [2.05, 4.69) is 15.0 Å². The monoisotopic (exact) mass is 339 g/mol. The molecule has 1 saturated heterocycles. The summed E-state index contributed by atoms with van der Waals surface area (Å²) in [5.41, 5.74) is 1.43. The van der Waals surface area contributed by atoms with Gasteiger partial charge in [0, 0.05) is 24.7 Å². The molecule has 23 heavy (non-hydrogen) atoms. The fraction of sp³-hybridized carbons (Fsp3) is 0.533. The van der Waals surface area contributed by atoms with E-state index in [9.17, 15) is 14.4 Å². The van der Waals surface area contributed by atoms with Crippen LogP contribution in [0.5, 0.6) is 0 Å². The van der Waals surface area contributed by atoms with E-state index in [0.717, 1.165) is 5.56 Å². The molecule has 0 radical (unpaired) electrons. The summed E-state index contributed by atoms with van der Waals surface area (Å²) in [5, 5.41) is 2.62. The van der Waals surface area contributed by atoms with E-state index in [-0.39, 0.29) is 36.1 Å². The molecule has 0 aromatic carbocycles. The average Bonchev–Trinajstić information content (AvgIpc) is 3.12. The molecule has 1 fully saturated rings. The highest BCUT2D eigenvalue weighted by Gasteiger charge is 2.40. The zero-order valence-electron chi connectivity index (χ0n) is 13.4. The van der Waals surface area contributed by atoms with Gasteiger partial charge in [-0.3, -0.25) is 14.4 Å². The summed E-state index contributed by atoms with van der Waals surface area (Å²) in [6.07, 6.45) is 3.52. The third kappa shape index (κ3) is 3.87. The van der Waals surface area contributed by atoms with Gasteiger partial charge in [-0.05, 0) is 19.4 Å². The van der Waals surface area contributed by atoms with Crippen LogP contribution in [-0.2, 0) is 14.3 Å². The number of nitrogens with zero attached hydrogens (tertiary/aromatic N) is 1. The molecule has 0 aliphatic carbocycles. The third-order valence-electron chi connectivity index (χ3n) is 3.80. The lowest BCUT2D eigenvalue weighted by Crippen LogP contribution is -2.49. The van der Waals surface area contributed by atoms with E-state index in [1.165, 1.54) is 7.11 Å². The van der Waals surface area contributed by atoms with Crippen molar-refractivity contribution in [3.63, 3.8) is 0 Å². The summed E-state index contributed by atoms with van der Waals surface area (Å²) in [5.74, 6) is -0.238. The van der Waals surface area contributed by atoms with Crippen molar-refractivity contribution in [3.8, 4) is 0 Å². The Bertz CT molecular complexity index is 601.